The fraction of sp³-hybridized carbons (Fsp3) is 0.286. The highest BCUT2D eigenvalue weighted by atomic mass is 79.9. The Hall–Kier alpha value is -0.0700. The zero-order chi connectivity index (χ0) is 14.7. The lowest BCUT2D eigenvalue weighted by molar-refractivity contribution is 0.405. The third kappa shape index (κ3) is 3.57. The molecular weight excluding hydrogens is 425 g/mol. The second-order valence-corrected chi connectivity index (χ2v) is 7.84. The smallest absolute Gasteiger partial charge is 0.125 e. The minimum absolute atomic E-state index is 0.0832. The SMILES string of the molecule is CCNC(c1cc(Br)c(Br)s1)c1ccc(Cl)cc1OC. The van der Waals surface area contributed by atoms with E-state index in [9.17, 15) is 0 Å². The van der Waals surface area contributed by atoms with Gasteiger partial charge in [0, 0.05) is 19.9 Å². The molecule has 0 aliphatic carbocycles. The van der Waals surface area contributed by atoms with E-state index < -0.39 is 0 Å². The predicted molar refractivity (Wildman–Crippen MR) is 93.2 cm³/mol. The van der Waals surface area contributed by atoms with Gasteiger partial charge in [-0.25, -0.2) is 0 Å². The molecule has 0 saturated heterocycles. The largest absolute Gasteiger partial charge is 0.496 e. The summed E-state index contributed by atoms with van der Waals surface area (Å²) < 4.78 is 7.62. The van der Waals surface area contributed by atoms with E-state index in [-0.39, 0.29) is 6.04 Å². The maximum Gasteiger partial charge on any atom is 0.125 e. The highest BCUT2D eigenvalue weighted by Gasteiger charge is 2.20. The van der Waals surface area contributed by atoms with Crippen molar-refractivity contribution < 1.29 is 4.74 Å². The number of thiophene rings is 1. The van der Waals surface area contributed by atoms with Crippen molar-refractivity contribution in [2.45, 2.75) is 13.0 Å². The van der Waals surface area contributed by atoms with Crippen LogP contribution >= 0.6 is 54.8 Å². The molecule has 6 heteroatoms. The lowest BCUT2D eigenvalue weighted by atomic mass is 10.0. The van der Waals surface area contributed by atoms with Crippen LogP contribution in [0.15, 0.2) is 32.5 Å². The summed E-state index contributed by atoms with van der Waals surface area (Å²) in [4.78, 5) is 1.21. The molecule has 0 bridgehead atoms. The fourth-order valence-electron chi connectivity index (χ4n) is 2.00. The van der Waals surface area contributed by atoms with Crippen LogP contribution in [0.4, 0.5) is 0 Å². The summed E-state index contributed by atoms with van der Waals surface area (Å²) in [7, 11) is 1.67. The lowest BCUT2D eigenvalue weighted by Crippen LogP contribution is -2.21. The van der Waals surface area contributed by atoms with E-state index in [4.69, 9.17) is 16.3 Å². The van der Waals surface area contributed by atoms with Gasteiger partial charge in [0.2, 0.25) is 0 Å². The van der Waals surface area contributed by atoms with Gasteiger partial charge in [0.1, 0.15) is 5.75 Å². The second-order valence-electron chi connectivity index (χ2n) is 4.15. The Morgan fingerprint density at radius 1 is 1.35 bits per heavy atom. The molecule has 2 nitrogen and oxygen atoms in total. The van der Waals surface area contributed by atoms with Crippen molar-refractivity contribution in [1.29, 1.82) is 0 Å². The van der Waals surface area contributed by atoms with Gasteiger partial charge in [0.25, 0.3) is 0 Å². The van der Waals surface area contributed by atoms with Crippen molar-refractivity contribution in [1.82, 2.24) is 5.32 Å². The van der Waals surface area contributed by atoms with Crippen molar-refractivity contribution >= 4 is 54.8 Å². The van der Waals surface area contributed by atoms with E-state index in [1.807, 2.05) is 18.2 Å². The Morgan fingerprint density at radius 2 is 2.10 bits per heavy atom. The summed E-state index contributed by atoms with van der Waals surface area (Å²) >= 11 is 14.8. The number of methoxy groups -OCH3 is 1. The van der Waals surface area contributed by atoms with Crippen LogP contribution in [0.1, 0.15) is 23.4 Å². The number of rotatable bonds is 5. The molecule has 0 fully saturated rings. The summed E-state index contributed by atoms with van der Waals surface area (Å²) in [6.07, 6.45) is 0. The summed E-state index contributed by atoms with van der Waals surface area (Å²) in [5.74, 6) is 0.795. The van der Waals surface area contributed by atoms with Gasteiger partial charge in [-0.2, -0.15) is 0 Å². The summed E-state index contributed by atoms with van der Waals surface area (Å²) in [6.45, 7) is 2.96. The number of nitrogens with one attached hydrogen (secondary N) is 1. The Morgan fingerprint density at radius 3 is 2.65 bits per heavy atom. The van der Waals surface area contributed by atoms with Gasteiger partial charge in [0.05, 0.1) is 16.9 Å². The van der Waals surface area contributed by atoms with Gasteiger partial charge in [-0.1, -0.05) is 24.6 Å². The molecule has 0 aliphatic rings. The highest BCUT2D eigenvalue weighted by molar-refractivity contribution is 9.13. The number of halogens is 3. The van der Waals surface area contributed by atoms with Gasteiger partial charge in [-0.05, 0) is 56.6 Å². The summed E-state index contributed by atoms with van der Waals surface area (Å²) in [6, 6.07) is 7.95. The van der Waals surface area contributed by atoms with Crippen LogP contribution in [0.2, 0.25) is 5.02 Å². The molecule has 1 aromatic heterocycles. The van der Waals surface area contributed by atoms with Gasteiger partial charge < -0.3 is 10.1 Å². The molecular formula is C14H14Br2ClNOS. The molecule has 0 radical (unpaired) electrons. The molecule has 1 aromatic carbocycles. The van der Waals surface area contributed by atoms with Crippen LogP contribution < -0.4 is 10.1 Å². The van der Waals surface area contributed by atoms with Crippen LogP contribution in [0, 0.1) is 0 Å². The molecule has 0 amide bonds. The predicted octanol–water partition coefficient (Wildman–Crippen LogP) is 5.63. The van der Waals surface area contributed by atoms with Crippen LogP contribution in [0.25, 0.3) is 0 Å². The van der Waals surface area contributed by atoms with E-state index in [1.54, 1.807) is 18.4 Å². The third-order valence-electron chi connectivity index (χ3n) is 2.86. The standard InChI is InChI=1S/C14H14Br2ClNOS/c1-3-18-13(12-7-10(15)14(16)20-12)9-5-4-8(17)6-11(9)19-2/h4-7,13,18H,3H2,1-2H3. The lowest BCUT2D eigenvalue weighted by Gasteiger charge is -2.19. The first-order valence-electron chi connectivity index (χ1n) is 6.08. The zero-order valence-corrected chi connectivity index (χ0v) is 15.8. The first-order valence-corrected chi connectivity index (χ1v) is 8.86. The summed E-state index contributed by atoms with van der Waals surface area (Å²) in [5.41, 5.74) is 1.08. The molecule has 0 saturated carbocycles. The quantitative estimate of drug-likeness (QED) is 0.652. The topological polar surface area (TPSA) is 21.3 Å². The Bertz CT molecular complexity index is 583. The Balaban J connectivity index is 2.47. The molecule has 1 atom stereocenters. The van der Waals surface area contributed by atoms with Crippen molar-refractivity contribution in [3.05, 3.63) is 48.0 Å². The zero-order valence-electron chi connectivity index (χ0n) is 11.0. The maximum absolute atomic E-state index is 6.04. The molecule has 1 N–H and O–H groups in total. The second kappa shape index (κ2) is 7.27. The average molecular weight is 440 g/mol. The molecule has 108 valence electrons. The monoisotopic (exact) mass is 437 g/mol. The molecule has 2 rings (SSSR count). The van der Waals surface area contributed by atoms with Gasteiger partial charge in [-0.15, -0.1) is 11.3 Å². The molecule has 2 aromatic rings. The van der Waals surface area contributed by atoms with E-state index in [2.05, 4.69) is 50.2 Å². The number of hydrogen-bond acceptors (Lipinski definition) is 3. The Labute approximate surface area is 144 Å². The van der Waals surface area contributed by atoms with Crippen molar-refractivity contribution in [3.63, 3.8) is 0 Å². The number of benzene rings is 1. The Kier molecular flexibility index (Phi) is 5.93. The normalized spacial score (nSPS) is 12.4. The van der Waals surface area contributed by atoms with E-state index in [1.165, 1.54) is 4.88 Å². The van der Waals surface area contributed by atoms with Crippen molar-refractivity contribution in [2.24, 2.45) is 0 Å². The molecule has 1 unspecified atom stereocenters. The van der Waals surface area contributed by atoms with Crippen LogP contribution in [-0.4, -0.2) is 13.7 Å². The first-order chi connectivity index (χ1) is 9.56. The summed E-state index contributed by atoms with van der Waals surface area (Å²) in [5, 5.41) is 4.17. The molecule has 20 heavy (non-hydrogen) atoms. The number of ether oxygens (including phenoxy) is 1. The number of hydrogen-bond donors (Lipinski definition) is 1. The maximum atomic E-state index is 6.04. The van der Waals surface area contributed by atoms with Crippen molar-refractivity contribution in [3.8, 4) is 5.75 Å². The van der Waals surface area contributed by atoms with Crippen LogP contribution in [-0.2, 0) is 0 Å². The van der Waals surface area contributed by atoms with E-state index in [0.717, 1.165) is 26.1 Å². The van der Waals surface area contributed by atoms with E-state index in [0.29, 0.717) is 5.02 Å². The van der Waals surface area contributed by atoms with Crippen LogP contribution in [0.5, 0.6) is 5.75 Å². The minimum atomic E-state index is 0.0832. The van der Waals surface area contributed by atoms with Crippen LogP contribution in [0.3, 0.4) is 0 Å². The highest BCUT2D eigenvalue weighted by Crippen LogP contribution is 2.40. The minimum Gasteiger partial charge on any atom is -0.496 e. The van der Waals surface area contributed by atoms with Crippen molar-refractivity contribution in [2.75, 3.05) is 13.7 Å². The van der Waals surface area contributed by atoms with E-state index >= 15 is 0 Å². The van der Waals surface area contributed by atoms with Gasteiger partial charge in [-0.3, -0.25) is 0 Å². The van der Waals surface area contributed by atoms with Gasteiger partial charge >= 0.3 is 0 Å². The fourth-order valence-corrected chi connectivity index (χ4v) is 4.34. The molecule has 0 aliphatic heterocycles. The average Bonchev–Trinajstić information content (AvgIpc) is 2.76. The third-order valence-corrected chi connectivity index (χ3v) is 6.42. The van der Waals surface area contributed by atoms with Gasteiger partial charge in [0.15, 0.2) is 0 Å². The molecule has 0 spiro atoms. The first kappa shape index (κ1) is 16.3. The molecule has 1 heterocycles.